The average Bonchev–Trinajstić information content (AvgIpc) is 2.53. The summed E-state index contributed by atoms with van der Waals surface area (Å²) in [5.41, 5.74) is 1.39. The molecule has 2 rings (SSSR count). The molecule has 0 atom stereocenters. The Morgan fingerprint density at radius 2 is 1.43 bits per heavy atom. The molecule has 21 heavy (non-hydrogen) atoms. The summed E-state index contributed by atoms with van der Waals surface area (Å²) in [5, 5.41) is 7.20. The molecule has 0 aliphatic carbocycles. The maximum Gasteiger partial charge on any atom is 0.276 e. The molecule has 0 heterocycles. The Morgan fingerprint density at radius 3 is 1.95 bits per heavy atom. The van der Waals surface area contributed by atoms with E-state index in [1.54, 1.807) is 12.1 Å². The van der Waals surface area contributed by atoms with E-state index in [2.05, 4.69) is 10.2 Å². The minimum Gasteiger partial charge on any atom is -0.276 e. The van der Waals surface area contributed by atoms with Crippen LogP contribution in [0, 0.1) is 0 Å². The molecule has 0 spiro atoms. The summed E-state index contributed by atoms with van der Waals surface area (Å²) >= 11 is 0. The SMILES string of the molecule is CCS(=O)(=O)C(=O)c1ccc(N=Nc2ccccc2)cc1. The van der Waals surface area contributed by atoms with E-state index < -0.39 is 15.0 Å². The minimum absolute atomic E-state index is 0.135. The fourth-order valence-electron chi connectivity index (χ4n) is 1.58. The normalized spacial score (nSPS) is 11.7. The average molecular weight is 302 g/mol. The lowest BCUT2D eigenvalue weighted by atomic mass is 10.2. The van der Waals surface area contributed by atoms with Crippen LogP contribution in [0.4, 0.5) is 11.4 Å². The molecule has 0 amide bonds. The van der Waals surface area contributed by atoms with Crippen molar-refractivity contribution in [1.29, 1.82) is 0 Å². The van der Waals surface area contributed by atoms with Crippen molar-refractivity contribution in [3.63, 3.8) is 0 Å². The fraction of sp³-hybridized carbons (Fsp3) is 0.133. The molecule has 0 N–H and O–H groups in total. The maximum atomic E-state index is 11.7. The first-order chi connectivity index (χ1) is 10.0. The lowest BCUT2D eigenvalue weighted by Crippen LogP contribution is -2.16. The Morgan fingerprint density at radius 1 is 0.905 bits per heavy atom. The highest BCUT2D eigenvalue weighted by Crippen LogP contribution is 2.19. The largest absolute Gasteiger partial charge is 0.276 e. The van der Waals surface area contributed by atoms with E-state index in [0.29, 0.717) is 11.4 Å². The van der Waals surface area contributed by atoms with Crippen LogP contribution in [0.2, 0.25) is 0 Å². The molecule has 2 aromatic carbocycles. The number of azo groups is 1. The molecule has 6 heteroatoms. The van der Waals surface area contributed by atoms with Crippen LogP contribution in [0.3, 0.4) is 0 Å². The van der Waals surface area contributed by atoms with Gasteiger partial charge in [0.2, 0.25) is 9.84 Å². The van der Waals surface area contributed by atoms with Gasteiger partial charge in [0.1, 0.15) is 0 Å². The number of rotatable bonds is 4. The second-order valence-corrected chi connectivity index (χ2v) is 6.45. The van der Waals surface area contributed by atoms with Gasteiger partial charge in [0.05, 0.1) is 17.1 Å². The van der Waals surface area contributed by atoms with Gasteiger partial charge in [-0.3, -0.25) is 4.79 Å². The van der Waals surface area contributed by atoms with Crippen LogP contribution in [-0.2, 0) is 9.84 Å². The molecule has 0 aliphatic rings. The van der Waals surface area contributed by atoms with Crippen LogP contribution >= 0.6 is 0 Å². The first-order valence-corrected chi connectivity index (χ1v) is 8.02. The van der Waals surface area contributed by atoms with E-state index in [1.165, 1.54) is 19.1 Å². The van der Waals surface area contributed by atoms with Gasteiger partial charge in [0.25, 0.3) is 5.12 Å². The van der Waals surface area contributed by atoms with E-state index in [0.717, 1.165) is 0 Å². The Kier molecular flexibility index (Phi) is 4.59. The zero-order chi connectivity index (χ0) is 15.3. The summed E-state index contributed by atoms with van der Waals surface area (Å²) < 4.78 is 23.0. The third-order valence-corrected chi connectivity index (χ3v) is 4.36. The molecule has 0 unspecified atom stereocenters. The third kappa shape index (κ3) is 3.82. The summed E-state index contributed by atoms with van der Waals surface area (Å²) in [5.74, 6) is -0.207. The summed E-state index contributed by atoms with van der Waals surface area (Å²) in [4.78, 5) is 11.7. The summed E-state index contributed by atoms with van der Waals surface area (Å²) in [7, 11) is -3.71. The van der Waals surface area contributed by atoms with Gasteiger partial charge in [0.15, 0.2) is 0 Å². The van der Waals surface area contributed by atoms with E-state index in [-0.39, 0.29) is 11.3 Å². The standard InChI is InChI=1S/C15H14N2O3S/c1-2-21(19,20)15(18)12-8-10-14(11-9-12)17-16-13-6-4-3-5-7-13/h3-11H,2H2,1H3. The van der Waals surface area contributed by atoms with Crippen LogP contribution in [0.5, 0.6) is 0 Å². The van der Waals surface area contributed by atoms with Crippen molar-refractivity contribution < 1.29 is 13.2 Å². The van der Waals surface area contributed by atoms with Gasteiger partial charge in [-0.05, 0) is 36.4 Å². The van der Waals surface area contributed by atoms with Crippen molar-refractivity contribution >= 4 is 26.3 Å². The number of carbonyl (C=O) groups is 1. The van der Waals surface area contributed by atoms with E-state index >= 15 is 0 Å². The number of sulfone groups is 1. The molecule has 0 fully saturated rings. The van der Waals surface area contributed by atoms with Gasteiger partial charge < -0.3 is 0 Å². The number of hydrogen-bond donors (Lipinski definition) is 0. The van der Waals surface area contributed by atoms with Gasteiger partial charge in [0, 0.05) is 5.56 Å². The number of carbonyl (C=O) groups excluding carboxylic acids is 1. The van der Waals surface area contributed by atoms with Gasteiger partial charge in [-0.25, -0.2) is 8.42 Å². The zero-order valence-electron chi connectivity index (χ0n) is 11.4. The van der Waals surface area contributed by atoms with Crippen molar-refractivity contribution in [2.24, 2.45) is 10.2 Å². The van der Waals surface area contributed by atoms with Crippen molar-refractivity contribution in [2.75, 3.05) is 5.75 Å². The van der Waals surface area contributed by atoms with Gasteiger partial charge in [-0.15, -0.1) is 0 Å². The number of nitrogens with zero attached hydrogens (tertiary/aromatic N) is 2. The van der Waals surface area contributed by atoms with Crippen molar-refractivity contribution in [1.82, 2.24) is 0 Å². The molecule has 0 aromatic heterocycles. The molecule has 0 saturated carbocycles. The topological polar surface area (TPSA) is 75.9 Å². The highest BCUT2D eigenvalue weighted by molar-refractivity contribution is 8.06. The molecule has 0 aliphatic heterocycles. The van der Waals surface area contributed by atoms with Crippen LogP contribution in [0.1, 0.15) is 17.3 Å². The van der Waals surface area contributed by atoms with Gasteiger partial charge in [-0.1, -0.05) is 25.1 Å². The van der Waals surface area contributed by atoms with Crippen LogP contribution < -0.4 is 0 Å². The van der Waals surface area contributed by atoms with Crippen molar-refractivity contribution in [3.8, 4) is 0 Å². The Balaban J connectivity index is 2.17. The molecular weight excluding hydrogens is 288 g/mol. The second-order valence-electron chi connectivity index (χ2n) is 4.27. The smallest absolute Gasteiger partial charge is 0.276 e. The van der Waals surface area contributed by atoms with Gasteiger partial charge >= 0.3 is 0 Å². The number of hydrogen-bond acceptors (Lipinski definition) is 5. The van der Waals surface area contributed by atoms with Crippen LogP contribution in [0.15, 0.2) is 64.8 Å². The molecular formula is C15H14N2O3S. The first-order valence-electron chi connectivity index (χ1n) is 6.37. The lowest BCUT2D eigenvalue weighted by molar-refractivity contribution is 0.107. The van der Waals surface area contributed by atoms with Crippen molar-refractivity contribution in [2.45, 2.75) is 6.92 Å². The summed E-state index contributed by atoms with van der Waals surface area (Å²) in [6.45, 7) is 1.44. The Hall–Kier alpha value is -2.34. The molecule has 2 aromatic rings. The predicted octanol–water partition coefficient (Wildman–Crippen LogP) is 3.68. The third-order valence-electron chi connectivity index (χ3n) is 2.80. The maximum absolute atomic E-state index is 11.7. The summed E-state index contributed by atoms with van der Waals surface area (Å²) in [6.07, 6.45) is 0. The highest BCUT2D eigenvalue weighted by atomic mass is 32.2. The first kappa shape index (κ1) is 15.1. The molecule has 0 radical (unpaired) electrons. The molecule has 0 saturated heterocycles. The monoisotopic (exact) mass is 302 g/mol. The second kappa shape index (κ2) is 6.41. The highest BCUT2D eigenvalue weighted by Gasteiger charge is 2.21. The number of benzene rings is 2. The van der Waals surface area contributed by atoms with Gasteiger partial charge in [-0.2, -0.15) is 10.2 Å². The molecule has 0 bridgehead atoms. The lowest BCUT2D eigenvalue weighted by Gasteiger charge is -2.00. The zero-order valence-corrected chi connectivity index (χ0v) is 12.2. The minimum atomic E-state index is -3.71. The molecule has 5 nitrogen and oxygen atoms in total. The van der Waals surface area contributed by atoms with E-state index in [4.69, 9.17) is 0 Å². The van der Waals surface area contributed by atoms with E-state index in [9.17, 15) is 13.2 Å². The Labute approximate surface area is 123 Å². The quantitative estimate of drug-likeness (QED) is 0.808. The van der Waals surface area contributed by atoms with E-state index in [1.807, 2.05) is 30.3 Å². The fourth-order valence-corrected chi connectivity index (χ4v) is 2.34. The summed E-state index contributed by atoms with van der Waals surface area (Å²) in [6, 6.07) is 15.2. The predicted molar refractivity (Wildman–Crippen MR) is 80.9 cm³/mol. The van der Waals surface area contributed by atoms with Crippen molar-refractivity contribution in [3.05, 3.63) is 60.2 Å². The van der Waals surface area contributed by atoms with Crippen LogP contribution in [0.25, 0.3) is 0 Å². The van der Waals surface area contributed by atoms with Crippen LogP contribution in [-0.4, -0.2) is 19.3 Å². The Bertz CT molecular complexity index is 751. The molecule has 108 valence electrons.